The zero-order valence-corrected chi connectivity index (χ0v) is 10.3. The Morgan fingerprint density at radius 1 is 1.53 bits per heavy atom. The zero-order valence-electron chi connectivity index (χ0n) is 8.74. The molecule has 1 aromatic heterocycles. The maximum Gasteiger partial charge on any atom is 0.376 e. The van der Waals surface area contributed by atoms with Crippen molar-refractivity contribution in [1.82, 2.24) is 9.97 Å². The Balaban J connectivity index is 2.88. The van der Waals surface area contributed by atoms with Crippen LogP contribution in [0.3, 0.4) is 0 Å². The van der Waals surface area contributed by atoms with Crippen LogP contribution in [-0.4, -0.2) is 21.5 Å². The minimum absolute atomic E-state index is 0.0365. The molecule has 0 saturated carbocycles. The van der Waals surface area contributed by atoms with E-state index in [1.54, 1.807) is 20.8 Å². The summed E-state index contributed by atoms with van der Waals surface area (Å²) in [6.45, 7) is 5.31. The van der Waals surface area contributed by atoms with Gasteiger partial charge in [-0.25, -0.2) is 14.8 Å². The smallest absolute Gasteiger partial charge is 0.376 e. The van der Waals surface area contributed by atoms with E-state index in [1.165, 1.54) is 6.20 Å². The molecule has 82 valence electrons. The highest BCUT2D eigenvalue weighted by molar-refractivity contribution is 9.10. The van der Waals surface area contributed by atoms with Crippen LogP contribution < -0.4 is 5.73 Å². The van der Waals surface area contributed by atoms with Gasteiger partial charge in [0.25, 0.3) is 0 Å². The maximum atomic E-state index is 11.5. The van der Waals surface area contributed by atoms with E-state index in [-0.39, 0.29) is 11.6 Å². The Morgan fingerprint density at radius 3 is 2.60 bits per heavy atom. The van der Waals surface area contributed by atoms with Crippen molar-refractivity contribution in [1.29, 1.82) is 0 Å². The summed E-state index contributed by atoms with van der Waals surface area (Å²) in [7, 11) is 0. The molecule has 0 aliphatic rings. The zero-order chi connectivity index (χ0) is 11.6. The van der Waals surface area contributed by atoms with Crippen molar-refractivity contribution in [2.75, 3.05) is 5.73 Å². The average molecular weight is 274 g/mol. The molecular weight excluding hydrogens is 262 g/mol. The number of carbonyl (C=O) groups excluding carboxylic acids is 1. The minimum atomic E-state index is -0.582. The summed E-state index contributed by atoms with van der Waals surface area (Å²) < 4.78 is 5.63. The summed E-state index contributed by atoms with van der Waals surface area (Å²) in [6, 6.07) is 0. The number of carbonyl (C=O) groups is 1. The molecule has 0 saturated heterocycles. The van der Waals surface area contributed by atoms with Crippen LogP contribution in [0.1, 0.15) is 31.4 Å². The molecule has 1 rings (SSSR count). The Morgan fingerprint density at radius 2 is 2.13 bits per heavy atom. The predicted octanol–water partition coefficient (Wildman–Crippen LogP) is 1.78. The van der Waals surface area contributed by atoms with Gasteiger partial charge in [-0.15, -0.1) is 0 Å². The summed E-state index contributed by atoms with van der Waals surface area (Å²) >= 11 is 3.14. The van der Waals surface area contributed by atoms with Gasteiger partial charge in [0.15, 0.2) is 0 Å². The second-order valence-corrected chi connectivity index (χ2v) is 4.78. The lowest BCUT2D eigenvalue weighted by molar-refractivity contribution is 0.00557. The van der Waals surface area contributed by atoms with E-state index in [0.29, 0.717) is 4.47 Å². The fourth-order valence-electron chi connectivity index (χ4n) is 0.802. The van der Waals surface area contributed by atoms with Crippen molar-refractivity contribution in [2.45, 2.75) is 26.4 Å². The van der Waals surface area contributed by atoms with Crippen LogP contribution in [-0.2, 0) is 4.74 Å². The number of rotatable bonds is 1. The van der Waals surface area contributed by atoms with Crippen LogP contribution in [0.2, 0.25) is 0 Å². The van der Waals surface area contributed by atoms with Crippen LogP contribution >= 0.6 is 15.9 Å². The predicted molar refractivity (Wildman–Crippen MR) is 59.3 cm³/mol. The van der Waals surface area contributed by atoms with Gasteiger partial charge in [-0.05, 0) is 36.7 Å². The molecule has 1 heterocycles. The van der Waals surface area contributed by atoms with Crippen molar-refractivity contribution >= 4 is 27.7 Å². The van der Waals surface area contributed by atoms with Gasteiger partial charge in [0.05, 0.1) is 4.47 Å². The molecule has 0 unspecified atom stereocenters. The summed E-state index contributed by atoms with van der Waals surface area (Å²) in [5.41, 5.74) is 4.95. The first kappa shape index (κ1) is 11.9. The van der Waals surface area contributed by atoms with E-state index in [1.807, 2.05) is 0 Å². The normalized spacial score (nSPS) is 11.2. The number of anilines is 1. The second-order valence-electron chi connectivity index (χ2n) is 3.93. The van der Waals surface area contributed by atoms with Gasteiger partial charge in [-0.2, -0.15) is 0 Å². The van der Waals surface area contributed by atoms with Crippen molar-refractivity contribution in [2.24, 2.45) is 0 Å². The average Bonchev–Trinajstić information content (AvgIpc) is 2.06. The van der Waals surface area contributed by atoms with E-state index in [2.05, 4.69) is 25.9 Å². The number of nitrogens with two attached hydrogens (primary N) is 1. The van der Waals surface area contributed by atoms with Crippen LogP contribution in [0.25, 0.3) is 0 Å². The first-order valence-corrected chi connectivity index (χ1v) is 5.10. The number of nitrogen functional groups attached to an aromatic ring is 1. The topological polar surface area (TPSA) is 78.1 Å². The van der Waals surface area contributed by atoms with E-state index in [4.69, 9.17) is 10.5 Å². The number of nitrogens with zero attached hydrogens (tertiary/aromatic N) is 2. The van der Waals surface area contributed by atoms with Gasteiger partial charge in [0, 0.05) is 6.20 Å². The highest BCUT2D eigenvalue weighted by atomic mass is 79.9. The molecular formula is C9H12BrN3O2. The number of aromatic nitrogens is 2. The van der Waals surface area contributed by atoms with E-state index in [9.17, 15) is 4.79 Å². The van der Waals surface area contributed by atoms with Crippen LogP contribution in [0, 0.1) is 0 Å². The maximum absolute atomic E-state index is 11.5. The van der Waals surface area contributed by atoms with E-state index >= 15 is 0 Å². The van der Waals surface area contributed by atoms with Gasteiger partial charge in [0.2, 0.25) is 5.82 Å². The molecule has 0 bridgehead atoms. The van der Waals surface area contributed by atoms with Crippen molar-refractivity contribution in [3.05, 3.63) is 16.5 Å². The van der Waals surface area contributed by atoms with Gasteiger partial charge >= 0.3 is 5.97 Å². The molecule has 0 atom stereocenters. The Hall–Kier alpha value is -1.17. The van der Waals surface area contributed by atoms with Gasteiger partial charge in [-0.1, -0.05) is 0 Å². The molecule has 0 amide bonds. The van der Waals surface area contributed by atoms with Crippen molar-refractivity contribution in [3.63, 3.8) is 0 Å². The molecule has 1 aromatic rings. The summed E-state index contributed by atoms with van der Waals surface area (Å²) in [5.74, 6) is -0.404. The Labute approximate surface area is 96.2 Å². The van der Waals surface area contributed by atoms with Crippen LogP contribution in [0.15, 0.2) is 10.7 Å². The number of ether oxygens (including phenoxy) is 1. The summed E-state index contributed by atoms with van der Waals surface area (Å²) in [5, 5.41) is 0. The third kappa shape index (κ3) is 3.47. The molecule has 5 nitrogen and oxygen atoms in total. The fraction of sp³-hybridized carbons (Fsp3) is 0.444. The number of hydrogen-bond donors (Lipinski definition) is 1. The van der Waals surface area contributed by atoms with Gasteiger partial charge in [0.1, 0.15) is 11.4 Å². The minimum Gasteiger partial charge on any atom is -0.454 e. The Kier molecular flexibility index (Phi) is 3.28. The fourth-order valence-corrected chi connectivity index (χ4v) is 0.993. The van der Waals surface area contributed by atoms with Crippen molar-refractivity contribution in [3.8, 4) is 0 Å². The lowest BCUT2D eigenvalue weighted by atomic mass is 10.2. The highest BCUT2D eigenvalue weighted by Gasteiger charge is 2.20. The van der Waals surface area contributed by atoms with E-state index in [0.717, 1.165) is 0 Å². The SMILES string of the molecule is CC(C)(C)OC(=O)c1ncc(Br)c(N)n1. The monoisotopic (exact) mass is 273 g/mol. The first-order valence-electron chi connectivity index (χ1n) is 4.31. The summed E-state index contributed by atoms with van der Waals surface area (Å²) in [4.78, 5) is 19.1. The molecule has 2 N–H and O–H groups in total. The van der Waals surface area contributed by atoms with E-state index < -0.39 is 11.6 Å². The lowest BCUT2D eigenvalue weighted by Gasteiger charge is -2.18. The summed E-state index contributed by atoms with van der Waals surface area (Å²) in [6.07, 6.45) is 1.42. The first-order chi connectivity index (χ1) is 6.79. The third-order valence-electron chi connectivity index (χ3n) is 1.35. The number of hydrogen-bond acceptors (Lipinski definition) is 5. The lowest BCUT2D eigenvalue weighted by Crippen LogP contribution is -2.25. The quantitative estimate of drug-likeness (QED) is 0.790. The Bertz CT molecular complexity index is 387. The molecule has 0 aliphatic heterocycles. The van der Waals surface area contributed by atoms with Crippen LogP contribution in [0.5, 0.6) is 0 Å². The molecule has 6 heteroatoms. The molecule has 0 fully saturated rings. The standard InChI is InChI=1S/C9H12BrN3O2/c1-9(2,3)15-8(14)7-12-4-5(10)6(11)13-7/h4H,1-3H3,(H2,11,12,13). The second kappa shape index (κ2) is 4.14. The van der Waals surface area contributed by atoms with Crippen molar-refractivity contribution < 1.29 is 9.53 Å². The largest absolute Gasteiger partial charge is 0.454 e. The molecule has 0 aromatic carbocycles. The molecule has 0 radical (unpaired) electrons. The molecule has 0 aliphatic carbocycles. The highest BCUT2D eigenvalue weighted by Crippen LogP contribution is 2.16. The third-order valence-corrected chi connectivity index (χ3v) is 1.96. The number of halogens is 1. The van der Waals surface area contributed by atoms with Crippen LogP contribution in [0.4, 0.5) is 5.82 Å². The number of esters is 1. The molecule has 0 spiro atoms. The molecule has 15 heavy (non-hydrogen) atoms. The van der Waals surface area contributed by atoms with Gasteiger partial charge < -0.3 is 10.5 Å². The van der Waals surface area contributed by atoms with Gasteiger partial charge in [-0.3, -0.25) is 0 Å².